The molecule has 1 aromatic carbocycles. The first kappa shape index (κ1) is 18.7. The molecule has 3 N–H and O–H groups in total. The molecule has 0 bridgehead atoms. The van der Waals surface area contributed by atoms with Gasteiger partial charge in [0.2, 0.25) is 5.91 Å². The molecule has 3 unspecified atom stereocenters. The maximum atomic E-state index is 11.7. The summed E-state index contributed by atoms with van der Waals surface area (Å²) in [7, 11) is 0. The Morgan fingerprint density at radius 1 is 1.23 bits per heavy atom. The minimum Gasteiger partial charge on any atom is -0.490 e. The molecular weight excluding hydrogens is 352 g/mol. The van der Waals surface area contributed by atoms with Gasteiger partial charge in [0.25, 0.3) is 0 Å². The van der Waals surface area contributed by atoms with Gasteiger partial charge in [0.05, 0.1) is 10.9 Å². The van der Waals surface area contributed by atoms with E-state index in [-0.39, 0.29) is 17.8 Å². The molecule has 7 heteroatoms. The van der Waals surface area contributed by atoms with Crippen LogP contribution in [0.2, 0.25) is 0 Å². The number of carbonyl (C=O) groups is 1. The Bertz CT molecular complexity index is 736. The van der Waals surface area contributed by atoms with Gasteiger partial charge in [0, 0.05) is 6.20 Å². The molecule has 0 saturated carbocycles. The van der Waals surface area contributed by atoms with Crippen LogP contribution in [0.25, 0.3) is 0 Å². The summed E-state index contributed by atoms with van der Waals surface area (Å²) in [6.07, 6.45) is 2.43. The third-order valence-corrected chi connectivity index (χ3v) is 5.29. The largest absolute Gasteiger partial charge is 0.490 e. The fraction of sp³-hybridized carbons (Fsp3) is 0.368. The number of rotatable bonds is 7. The van der Waals surface area contributed by atoms with E-state index in [4.69, 9.17) is 4.74 Å². The molecule has 1 aliphatic rings. The van der Waals surface area contributed by atoms with Gasteiger partial charge in [-0.15, -0.1) is 0 Å². The first-order chi connectivity index (χ1) is 12.5. The Balaban J connectivity index is 1.51. The summed E-state index contributed by atoms with van der Waals surface area (Å²) in [5, 5.41) is 21.8. The molecule has 2 heterocycles. The van der Waals surface area contributed by atoms with Crippen molar-refractivity contribution in [2.24, 2.45) is 0 Å². The van der Waals surface area contributed by atoms with Crippen LogP contribution >= 0.6 is 11.8 Å². The summed E-state index contributed by atoms with van der Waals surface area (Å²) in [6, 6.07) is 11.2. The lowest BCUT2D eigenvalue weighted by atomic mass is 10.1. The third-order valence-electron chi connectivity index (χ3n) is 4.20. The topological polar surface area (TPSA) is 91.7 Å². The SMILES string of the molecule is CCc1ccc(C(O)COc2ccc(CC3SC(O)NC3=O)cc2)nc1. The highest BCUT2D eigenvalue weighted by Gasteiger charge is 2.31. The Hall–Kier alpha value is -2.09. The first-order valence-corrected chi connectivity index (χ1v) is 9.48. The number of thioether (sulfide) groups is 1. The highest BCUT2D eigenvalue weighted by molar-refractivity contribution is 8.01. The molecule has 3 atom stereocenters. The first-order valence-electron chi connectivity index (χ1n) is 8.53. The van der Waals surface area contributed by atoms with Gasteiger partial charge < -0.3 is 20.3 Å². The number of aliphatic hydroxyl groups is 2. The molecule has 2 aromatic rings. The second kappa shape index (κ2) is 8.53. The van der Waals surface area contributed by atoms with Crippen LogP contribution in [0.5, 0.6) is 5.75 Å². The van der Waals surface area contributed by atoms with Crippen LogP contribution in [0, 0.1) is 0 Å². The number of carbonyl (C=O) groups excluding carboxylic acids is 1. The van der Waals surface area contributed by atoms with Gasteiger partial charge >= 0.3 is 0 Å². The van der Waals surface area contributed by atoms with E-state index < -0.39 is 11.7 Å². The van der Waals surface area contributed by atoms with Gasteiger partial charge in [-0.05, 0) is 42.2 Å². The molecule has 1 fully saturated rings. The summed E-state index contributed by atoms with van der Waals surface area (Å²) in [4.78, 5) is 15.9. The molecule has 1 aliphatic heterocycles. The van der Waals surface area contributed by atoms with Crippen LogP contribution in [0.3, 0.4) is 0 Å². The lowest BCUT2D eigenvalue weighted by Gasteiger charge is -2.13. The minimum atomic E-state index is -0.823. The highest BCUT2D eigenvalue weighted by Crippen LogP contribution is 2.26. The lowest BCUT2D eigenvalue weighted by molar-refractivity contribution is -0.121. The van der Waals surface area contributed by atoms with E-state index in [1.165, 1.54) is 11.8 Å². The van der Waals surface area contributed by atoms with Crippen LogP contribution in [0.15, 0.2) is 42.6 Å². The van der Waals surface area contributed by atoms with E-state index in [0.29, 0.717) is 17.9 Å². The number of benzene rings is 1. The normalized spacial score (nSPS) is 20.7. The van der Waals surface area contributed by atoms with Crippen molar-refractivity contribution >= 4 is 17.7 Å². The van der Waals surface area contributed by atoms with Crippen molar-refractivity contribution < 1.29 is 19.7 Å². The Kier molecular flexibility index (Phi) is 6.13. The van der Waals surface area contributed by atoms with Gasteiger partial charge in [-0.25, -0.2) is 0 Å². The van der Waals surface area contributed by atoms with Crippen molar-refractivity contribution in [3.8, 4) is 5.75 Å². The quantitative estimate of drug-likeness (QED) is 0.685. The van der Waals surface area contributed by atoms with Gasteiger partial charge in [-0.3, -0.25) is 9.78 Å². The van der Waals surface area contributed by atoms with E-state index in [1.807, 2.05) is 36.4 Å². The van der Waals surface area contributed by atoms with Crippen LogP contribution < -0.4 is 10.1 Å². The lowest BCUT2D eigenvalue weighted by Crippen LogP contribution is -2.27. The molecule has 1 saturated heterocycles. The number of ether oxygens (including phenoxy) is 1. The standard InChI is InChI=1S/C19H22N2O4S/c1-2-12-5-8-15(20-10-12)16(22)11-25-14-6-3-13(4-7-14)9-17-18(23)21-19(24)26-17/h3-8,10,16-17,19,22,24H,2,9,11H2,1H3,(H,21,23). The molecule has 3 rings (SSSR count). The number of hydrogen-bond donors (Lipinski definition) is 3. The maximum Gasteiger partial charge on any atom is 0.236 e. The third kappa shape index (κ3) is 4.75. The van der Waals surface area contributed by atoms with Crippen molar-refractivity contribution in [3.63, 3.8) is 0 Å². The van der Waals surface area contributed by atoms with Crippen molar-refractivity contribution in [2.75, 3.05) is 6.61 Å². The molecule has 26 heavy (non-hydrogen) atoms. The number of nitrogens with one attached hydrogen (secondary N) is 1. The summed E-state index contributed by atoms with van der Waals surface area (Å²) in [5.74, 6) is 0.495. The Morgan fingerprint density at radius 3 is 2.54 bits per heavy atom. The highest BCUT2D eigenvalue weighted by atomic mass is 32.2. The average molecular weight is 374 g/mol. The Labute approximate surface area is 156 Å². The van der Waals surface area contributed by atoms with Gasteiger partial charge in [-0.1, -0.05) is 36.9 Å². The number of aromatic nitrogens is 1. The van der Waals surface area contributed by atoms with E-state index in [0.717, 1.165) is 17.5 Å². The number of amides is 1. The van der Waals surface area contributed by atoms with E-state index in [2.05, 4.69) is 17.2 Å². The number of pyridine rings is 1. The summed E-state index contributed by atoms with van der Waals surface area (Å²) in [6.45, 7) is 2.17. The zero-order valence-electron chi connectivity index (χ0n) is 14.5. The van der Waals surface area contributed by atoms with Gasteiger partial charge in [-0.2, -0.15) is 0 Å². The fourth-order valence-corrected chi connectivity index (χ4v) is 3.62. The molecule has 138 valence electrons. The van der Waals surface area contributed by atoms with E-state index in [1.54, 1.807) is 6.20 Å². The van der Waals surface area contributed by atoms with Crippen LogP contribution in [0.1, 0.15) is 29.8 Å². The van der Waals surface area contributed by atoms with Gasteiger partial charge in [0.1, 0.15) is 18.5 Å². The maximum absolute atomic E-state index is 11.7. The average Bonchev–Trinajstić information content (AvgIpc) is 2.98. The molecule has 0 spiro atoms. The van der Waals surface area contributed by atoms with Crippen LogP contribution in [-0.4, -0.2) is 38.5 Å². The molecule has 6 nitrogen and oxygen atoms in total. The van der Waals surface area contributed by atoms with Crippen molar-refractivity contribution in [1.82, 2.24) is 10.3 Å². The summed E-state index contributed by atoms with van der Waals surface area (Å²) < 4.78 is 5.63. The monoisotopic (exact) mass is 374 g/mol. The predicted molar refractivity (Wildman–Crippen MR) is 99.7 cm³/mol. The zero-order chi connectivity index (χ0) is 18.5. The minimum absolute atomic E-state index is 0.116. The summed E-state index contributed by atoms with van der Waals surface area (Å²) in [5.41, 5.74) is 1.87. The molecular formula is C19H22N2O4S. The van der Waals surface area contributed by atoms with E-state index in [9.17, 15) is 15.0 Å². The summed E-state index contributed by atoms with van der Waals surface area (Å²) >= 11 is 1.21. The van der Waals surface area contributed by atoms with Gasteiger partial charge in [0.15, 0.2) is 5.56 Å². The fourth-order valence-electron chi connectivity index (χ4n) is 2.65. The molecule has 1 amide bonds. The van der Waals surface area contributed by atoms with Crippen LogP contribution in [0.4, 0.5) is 0 Å². The predicted octanol–water partition coefficient (Wildman–Crippen LogP) is 1.81. The second-order valence-corrected chi connectivity index (χ2v) is 7.39. The van der Waals surface area contributed by atoms with Crippen LogP contribution in [-0.2, 0) is 17.6 Å². The van der Waals surface area contributed by atoms with Crippen molar-refractivity contribution in [3.05, 3.63) is 59.4 Å². The number of nitrogens with zero attached hydrogens (tertiary/aromatic N) is 1. The molecule has 0 radical (unpaired) electrons. The number of aryl methyl sites for hydroxylation is 1. The zero-order valence-corrected chi connectivity index (χ0v) is 15.3. The smallest absolute Gasteiger partial charge is 0.236 e. The number of aliphatic hydroxyl groups excluding tert-OH is 2. The Morgan fingerprint density at radius 2 is 1.96 bits per heavy atom. The van der Waals surface area contributed by atoms with E-state index >= 15 is 0 Å². The second-order valence-electron chi connectivity index (χ2n) is 6.11. The molecule has 0 aliphatic carbocycles. The molecule has 1 aromatic heterocycles. The van der Waals surface area contributed by atoms with Crippen molar-refractivity contribution in [2.45, 2.75) is 36.7 Å². The van der Waals surface area contributed by atoms with Crippen molar-refractivity contribution in [1.29, 1.82) is 0 Å². The number of hydrogen-bond acceptors (Lipinski definition) is 6.